The van der Waals surface area contributed by atoms with E-state index in [2.05, 4.69) is 20.6 Å². The van der Waals surface area contributed by atoms with Gasteiger partial charge in [-0.05, 0) is 17.7 Å². The van der Waals surface area contributed by atoms with Crippen LogP contribution in [0, 0.1) is 0 Å². The van der Waals surface area contributed by atoms with Crippen LogP contribution in [0.1, 0.15) is 15.9 Å². The maximum atomic E-state index is 12.1. The van der Waals surface area contributed by atoms with Gasteiger partial charge in [0.05, 0.1) is 21.3 Å². The third kappa shape index (κ3) is 4.47. The summed E-state index contributed by atoms with van der Waals surface area (Å²) in [5.41, 5.74) is 1.99. The second-order valence-corrected chi connectivity index (χ2v) is 5.98. The largest absolute Gasteiger partial charge is 0.348 e. The van der Waals surface area contributed by atoms with Crippen LogP contribution in [0.15, 0.2) is 60.9 Å². The van der Waals surface area contributed by atoms with Crippen LogP contribution in [0.2, 0.25) is 10.0 Å². The standard InChI is InChI=1S/C18H14Cl2N4O/c19-14-7-4-8-15(16(14)20)24-18-22-10-13(11-23-18)17(25)21-9-12-5-2-1-3-6-12/h1-8,10-11H,9H2,(H,21,25)(H,22,23,24). The smallest absolute Gasteiger partial charge is 0.254 e. The van der Waals surface area contributed by atoms with E-state index in [-0.39, 0.29) is 5.91 Å². The molecule has 7 heteroatoms. The molecule has 0 saturated heterocycles. The van der Waals surface area contributed by atoms with Crippen LogP contribution in [0.3, 0.4) is 0 Å². The van der Waals surface area contributed by atoms with Gasteiger partial charge in [0.15, 0.2) is 0 Å². The lowest BCUT2D eigenvalue weighted by atomic mass is 10.2. The number of nitrogens with one attached hydrogen (secondary N) is 2. The van der Waals surface area contributed by atoms with Gasteiger partial charge in [-0.2, -0.15) is 0 Å². The van der Waals surface area contributed by atoms with Crippen molar-refractivity contribution in [1.29, 1.82) is 0 Å². The predicted molar refractivity (Wildman–Crippen MR) is 99.4 cm³/mol. The number of anilines is 2. The molecule has 2 N–H and O–H groups in total. The van der Waals surface area contributed by atoms with E-state index in [0.29, 0.717) is 33.8 Å². The van der Waals surface area contributed by atoms with E-state index < -0.39 is 0 Å². The van der Waals surface area contributed by atoms with Gasteiger partial charge in [0.1, 0.15) is 0 Å². The van der Waals surface area contributed by atoms with E-state index in [1.807, 2.05) is 30.3 Å². The first-order valence-electron chi connectivity index (χ1n) is 7.48. The lowest BCUT2D eigenvalue weighted by Crippen LogP contribution is -2.23. The SMILES string of the molecule is O=C(NCc1ccccc1)c1cnc(Nc2cccc(Cl)c2Cl)nc1. The fraction of sp³-hybridized carbons (Fsp3) is 0.0556. The Labute approximate surface area is 155 Å². The molecule has 0 aliphatic heterocycles. The molecule has 1 amide bonds. The summed E-state index contributed by atoms with van der Waals surface area (Å²) in [6.45, 7) is 0.442. The summed E-state index contributed by atoms with van der Waals surface area (Å²) in [4.78, 5) is 20.4. The highest BCUT2D eigenvalue weighted by molar-refractivity contribution is 6.43. The van der Waals surface area contributed by atoms with Crippen molar-refractivity contribution in [1.82, 2.24) is 15.3 Å². The van der Waals surface area contributed by atoms with Gasteiger partial charge in [0.2, 0.25) is 5.95 Å². The summed E-state index contributed by atoms with van der Waals surface area (Å²) in [7, 11) is 0. The van der Waals surface area contributed by atoms with Crippen LogP contribution >= 0.6 is 23.2 Å². The van der Waals surface area contributed by atoms with E-state index in [4.69, 9.17) is 23.2 Å². The molecule has 0 bridgehead atoms. The summed E-state index contributed by atoms with van der Waals surface area (Å²) >= 11 is 12.1. The zero-order chi connectivity index (χ0) is 17.6. The minimum atomic E-state index is -0.240. The Balaban J connectivity index is 1.63. The molecular formula is C18H14Cl2N4O. The van der Waals surface area contributed by atoms with E-state index in [9.17, 15) is 4.79 Å². The van der Waals surface area contributed by atoms with Gasteiger partial charge >= 0.3 is 0 Å². The Morgan fingerprint density at radius 3 is 2.40 bits per heavy atom. The van der Waals surface area contributed by atoms with Gasteiger partial charge in [-0.1, -0.05) is 59.6 Å². The Morgan fingerprint density at radius 1 is 0.960 bits per heavy atom. The Hall–Kier alpha value is -2.63. The molecule has 0 aliphatic carbocycles. The number of hydrogen-bond acceptors (Lipinski definition) is 4. The number of benzene rings is 2. The molecular weight excluding hydrogens is 359 g/mol. The number of rotatable bonds is 5. The van der Waals surface area contributed by atoms with Gasteiger partial charge in [-0.25, -0.2) is 9.97 Å². The number of aromatic nitrogens is 2. The van der Waals surface area contributed by atoms with Crippen LogP contribution in [-0.4, -0.2) is 15.9 Å². The number of carbonyl (C=O) groups is 1. The monoisotopic (exact) mass is 372 g/mol. The van der Waals surface area contributed by atoms with Crippen molar-refractivity contribution < 1.29 is 4.79 Å². The van der Waals surface area contributed by atoms with Crippen LogP contribution < -0.4 is 10.6 Å². The maximum absolute atomic E-state index is 12.1. The lowest BCUT2D eigenvalue weighted by Gasteiger charge is -2.08. The Kier molecular flexibility index (Phi) is 5.48. The highest BCUT2D eigenvalue weighted by Crippen LogP contribution is 2.30. The minimum absolute atomic E-state index is 0.240. The molecule has 0 atom stereocenters. The Morgan fingerprint density at radius 2 is 1.68 bits per heavy atom. The first-order valence-corrected chi connectivity index (χ1v) is 8.24. The van der Waals surface area contributed by atoms with Crippen LogP contribution in [-0.2, 0) is 6.54 Å². The van der Waals surface area contributed by atoms with Gasteiger partial charge in [0, 0.05) is 18.9 Å². The van der Waals surface area contributed by atoms with E-state index in [1.54, 1.807) is 18.2 Å². The first-order chi connectivity index (χ1) is 12.1. The molecule has 126 valence electrons. The number of carbonyl (C=O) groups excluding carboxylic acids is 1. The first kappa shape index (κ1) is 17.2. The van der Waals surface area contributed by atoms with Crippen molar-refractivity contribution in [2.45, 2.75) is 6.54 Å². The fourth-order valence-electron chi connectivity index (χ4n) is 2.11. The van der Waals surface area contributed by atoms with Crippen LogP contribution in [0.5, 0.6) is 0 Å². The van der Waals surface area contributed by atoms with Crippen molar-refractivity contribution in [2.75, 3.05) is 5.32 Å². The normalized spacial score (nSPS) is 10.3. The molecule has 0 unspecified atom stereocenters. The number of halogens is 2. The second kappa shape index (κ2) is 7.96. The minimum Gasteiger partial charge on any atom is -0.348 e. The van der Waals surface area contributed by atoms with Gasteiger partial charge in [0.25, 0.3) is 5.91 Å². The highest BCUT2D eigenvalue weighted by Gasteiger charge is 2.09. The average Bonchev–Trinajstić information content (AvgIpc) is 2.65. The molecule has 0 spiro atoms. The molecule has 25 heavy (non-hydrogen) atoms. The molecule has 1 heterocycles. The van der Waals surface area contributed by atoms with Crippen LogP contribution in [0.4, 0.5) is 11.6 Å². The Bertz CT molecular complexity index is 870. The van der Waals surface area contributed by atoms with Crippen molar-refractivity contribution in [3.05, 3.63) is 82.1 Å². The third-order valence-electron chi connectivity index (χ3n) is 3.41. The van der Waals surface area contributed by atoms with E-state index in [0.717, 1.165) is 5.56 Å². The fourth-order valence-corrected chi connectivity index (χ4v) is 2.46. The van der Waals surface area contributed by atoms with Crippen molar-refractivity contribution in [3.8, 4) is 0 Å². The maximum Gasteiger partial charge on any atom is 0.254 e. The molecule has 3 rings (SSSR count). The molecule has 0 aliphatic rings. The lowest BCUT2D eigenvalue weighted by molar-refractivity contribution is 0.0950. The van der Waals surface area contributed by atoms with Gasteiger partial charge < -0.3 is 10.6 Å². The van der Waals surface area contributed by atoms with Gasteiger partial charge in [-0.15, -0.1) is 0 Å². The molecule has 0 fully saturated rings. The quantitative estimate of drug-likeness (QED) is 0.693. The highest BCUT2D eigenvalue weighted by atomic mass is 35.5. The molecule has 1 aromatic heterocycles. The summed E-state index contributed by atoms with van der Waals surface area (Å²) in [6, 6.07) is 14.9. The molecule has 5 nitrogen and oxygen atoms in total. The molecule has 0 radical (unpaired) electrons. The molecule has 0 saturated carbocycles. The number of hydrogen-bond donors (Lipinski definition) is 2. The number of nitrogens with zero attached hydrogens (tertiary/aromatic N) is 2. The van der Waals surface area contributed by atoms with E-state index in [1.165, 1.54) is 12.4 Å². The summed E-state index contributed by atoms with van der Waals surface area (Å²) < 4.78 is 0. The van der Waals surface area contributed by atoms with Crippen molar-refractivity contribution >= 4 is 40.7 Å². The van der Waals surface area contributed by atoms with E-state index >= 15 is 0 Å². The summed E-state index contributed by atoms with van der Waals surface area (Å²) in [5, 5.41) is 6.61. The van der Waals surface area contributed by atoms with Crippen molar-refractivity contribution in [3.63, 3.8) is 0 Å². The van der Waals surface area contributed by atoms with Crippen LogP contribution in [0.25, 0.3) is 0 Å². The second-order valence-electron chi connectivity index (χ2n) is 5.19. The summed E-state index contributed by atoms with van der Waals surface area (Å²) in [5.74, 6) is 0.0833. The average molecular weight is 373 g/mol. The topological polar surface area (TPSA) is 66.9 Å². The molecule has 3 aromatic rings. The molecule has 2 aromatic carbocycles. The van der Waals surface area contributed by atoms with Crippen molar-refractivity contribution in [2.24, 2.45) is 0 Å². The third-order valence-corrected chi connectivity index (χ3v) is 4.23. The zero-order valence-electron chi connectivity index (χ0n) is 13.0. The van der Waals surface area contributed by atoms with Gasteiger partial charge in [-0.3, -0.25) is 4.79 Å². The number of amides is 1. The predicted octanol–water partition coefficient (Wildman–Crippen LogP) is 4.46. The zero-order valence-corrected chi connectivity index (χ0v) is 14.6. The summed E-state index contributed by atoms with van der Waals surface area (Å²) in [6.07, 6.45) is 2.90.